The Labute approximate surface area is 129 Å². The standard InChI is InChI=1S/C17H18ClNO2/c1-3-16(20)12-7-9-13(10-8-12)19-11-14-15(18)5-4-6-17(14)21-2/h4-10,19H,3,11H2,1-2H3. The predicted octanol–water partition coefficient (Wildman–Crippen LogP) is 4.55. The van der Waals surface area contributed by atoms with Crippen LogP contribution in [0.2, 0.25) is 5.02 Å². The molecule has 0 aliphatic rings. The molecule has 21 heavy (non-hydrogen) atoms. The highest BCUT2D eigenvalue weighted by Crippen LogP contribution is 2.27. The number of methoxy groups -OCH3 is 1. The van der Waals surface area contributed by atoms with Gasteiger partial charge in [0.1, 0.15) is 5.75 Å². The molecule has 4 heteroatoms. The molecule has 0 amide bonds. The van der Waals surface area contributed by atoms with E-state index in [4.69, 9.17) is 16.3 Å². The van der Waals surface area contributed by atoms with Crippen LogP contribution >= 0.6 is 11.6 Å². The van der Waals surface area contributed by atoms with Crippen molar-refractivity contribution in [1.82, 2.24) is 0 Å². The quantitative estimate of drug-likeness (QED) is 0.795. The zero-order chi connectivity index (χ0) is 15.2. The highest BCUT2D eigenvalue weighted by molar-refractivity contribution is 6.31. The number of rotatable bonds is 6. The molecule has 2 aromatic carbocycles. The van der Waals surface area contributed by atoms with Gasteiger partial charge in [-0.25, -0.2) is 0 Å². The molecule has 0 fully saturated rings. The van der Waals surface area contributed by atoms with Gasteiger partial charge in [-0.15, -0.1) is 0 Å². The van der Waals surface area contributed by atoms with Gasteiger partial charge in [0, 0.05) is 34.8 Å². The van der Waals surface area contributed by atoms with E-state index in [0.29, 0.717) is 18.0 Å². The minimum absolute atomic E-state index is 0.148. The van der Waals surface area contributed by atoms with Crippen molar-refractivity contribution in [2.24, 2.45) is 0 Å². The number of hydrogen-bond acceptors (Lipinski definition) is 3. The normalized spacial score (nSPS) is 10.2. The number of carbonyl (C=O) groups excluding carboxylic acids is 1. The summed E-state index contributed by atoms with van der Waals surface area (Å²) < 4.78 is 5.31. The molecule has 0 saturated heterocycles. The smallest absolute Gasteiger partial charge is 0.162 e. The highest BCUT2D eigenvalue weighted by atomic mass is 35.5. The molecule has 3 nitrogen and oxygen atoms in total. The van der Waals surface area contributed by atoms with Crippen molar-refractivity contribution in [3.05, 3.63) is 58.6 Å². The third-order valence-corrected chi connectivity index (χ3v) is 3.65. The fourth-order valence-corrected chi connectivity index (χ4v) is 2.30. The maximum atomic E-state index is 11.6. The molecule has 0 atom stereocenters. The van der Waals surface area contributed by atoms with Crippen molar-refractivity contribution in [2.75, 3.05) is 12.4 Å². The molecule has 1 N–H and O–H groups in total. The fourth-order valence-electron chi connectivity index (χ4n) is 2.07. The highest BCUT2D eigenvalue weighted by Gasteiger charge is 2.07. The third kappa shape index (κ3) is 3.76. The minimum Gasteiger partial charge on any atom is -0.496 e. The molecular weight excluding hydrogens is 286 g/mol. The first-order valence-corrected chi connectivity index (χ1v) is 7.22. The Morgan fingerprint density at radius 1 is 1.19 bits per heavy atom. The second-order valence-electron chi connectivity index (χ2n) is 4.63. The van der Waals surface area contributed by atoms with Gasteiger partial charge in [0.2, 0.25) is 0 Å². The van der Waals surface area contributed by atoms with Crippen molar-refractivity contribution in [3.8, 4) is 5.75 Å². The molecule has 0 aromatic heterocycles. The van der Waals surface area contributed by atoms with Gasteiger partial charge in [-0.05, 0) is 36.4 Å². The van der Waals surface area contributed by atoms with Crippen LogP contribution in [0.15, 0.2) is 42.5 Å². The van der Waals surface area contributed by atoms with E-state index in [1.807, 2.05) is 49.4 Å². The van der Waals surface area contributed by atoms with E-state index in [-0.39, 0.29) is 5.78 Å². The van der Waals surface area contributed by atoms with Gasteiger partial charge >= 0.3 is 0 Å². The lowest BCUT2D eigenvalue weighted by Crippen LogP contribution is -2.03. The lowest BCUT2D eigenvalue weighted by atomic mass is 10.1. The summed E-state index contributed by atoms with van der Waals surface area (Å²) in [5.41, 5.74) is 2.58. The van der Waals surface area contributed by atoms with Crippen LogP contribution in [0.5, 0.6) is 5.75 Å². The minimum atomic E-state index is 0.148. The van der Waals surface area contributed by atoms with E-state index in [9.17, 15) is 4.79 Å². The molecule has 0 radical (unpaired) electrons. The molecular formula is C17H18ClNO2. The fraction of sp³-hybridized carbons (Fsp3) is 0.235. The molecule has 2 rings (SSSR count). The number of benzene rings is 2. The molecule has 0 saturated carbocycles. The van der Waals surface area contributed by atoms with Crippen molar-refractivity contribution >= 4 is 23.1 Å². The topological polar surface area (TPSA) is 38.3 Å². The number of nitrogens with one attached hydrogen (secondary N) is 1. The first-order chi connectivity index (χ1) is 10.2. The number of anilines is 1. The first-order valence-electron chi connectivity index (χ1n) is 6.84. The van der Waals surface area contributed by atoms with E-state index in [1.165, 1.54) is 0 Å². The Morgan fingerprint density at radius 3 is 2.52 bits per heavy atom. The Kier molecular flexibility index (Phi) is 5.23. The molecule has 0 unspecified atom stereocenters. The molecule has 0 bridgehead atoms. The van der Waals surface area contributed by atoms with Gasteiger partial charge in [-0.2, -0.15) is 0 Å². The summed E-state index contributed by atoms with van der Waals surface area (Å²) in [4.78, 5) is 11.6. The molecule has 110 valence electrons. The zero-order valence-electron chi connectivity index (χ0n) is 12.2. The lowest BCUT2D eigenvalue weighted by molar-refractivity contribution is 0.0988. The third-order valence-electron chi connectivity index (χ3n) is 3.29. The van der Waals surface area contributed by atoms with E-state index in [1.54, 1.807) is 7.11 Å². The van der Waals surface area contributed by atoms with Gasteiger partial charge < -0.3 is 10.1 Å². The van der Waals surface area contributed by atoms with Crippen LogP contribution in [0.25, 0.3) is 0 Å². The monoisotopic (exact) mass is 303 g/mol. The summed E-state index contributed by atoms with van der Waals surface area (Å²) in [5.74, 6) is 0.905. The number of ketones is 1. The van der Waals surface area contributed by atoms with Crippen LogP contribution in [0, 0.1) is 0 Å². The molecule has 0 spiro atoms. The van der Waals surface area contributed by atoms with Crippen LogP contribution in [-0.4, -0.2) is 12.9 Å². The average molecular weight is 304 g/mol. The summed E-state index contributed by atoms with van der Waals surface area (Å²) in [6.07, 6.45) is 0.517. The molecule has 0 aliphatic carbocycles. The average Bonchev–Trinajstić information content (AvgIpc) is 2.53. The van der Waals surface area contributed by atoms with Gasteiger partial charge in [0.05, 0.1) is 7.11 Å². The predicted molar refractivity (Wildman–Crippen MR) is 86.4 cm³/mol. The van der Waals surface area contributed by atoms with Crippen molar-refractivity contribution < 1.29 is 9.53 Å². The second kappa shape index (κ2) is 7.14. The first kappa shape index (κ1) is 15.4. The lowest BCUT2D eigenvalue weighted by Gasteiger charge is -2.12. The maximum absolute atomic E-state index is 11.6. The molecule has 0 heterocycles. The number of ether oxygens (including phenoxy) is 1. The Hall–Kier alpha value is -2.00. The summed E-state index contributed by atoms with van der Waals surface area (Å²) in [6.45, 7) is 2.42. The number of Topliss-reactive ketones (excluding diaryl/α,β-unsaturated/α-hetero) is 1. The van der Waals surface area contributed by atoms with Gasteiger partial charge in [-0.1, -0.05) is 24.6 Å². The number of hydrogen-bond donors (Lipinski definition) is 1. The maximum Gasteiger partial charge on any atom is 0.162 e. The largest absolute Gasteiger partial charge is 0.496 e. The van der Waals surface area contributed by atoms with E-state index < -0.39 is 0 Å². The molecule has 2 aromatic rings. The number of carbonyl (C=O) groups is 1. The Balaban J connectivity index is 2.08. The molecule has 0 aliphatic heterocycles. The summed E-state index contributed by atoms with van der Waals surface area (Å²) >= 11 is 6.20. The van der Waals surface area contributed by atoms with Crippen LogP contribution in [0.3, 0.4) is 0 Å². The Bertz CT molecular complexity index is 623. The van der Waals surface area contributed by atoms with Crippen LogP contribution in [-0.2, 0) is 6.54 Å². The van der Waals surface area contributed by atoms with Gasteiger partial charge in [0.25, 0.3) is 0 Å². The van der Waals surface area contributed by atoms with Crippen molar-refractivity contribution in [1.29, 1.82) is 0 Å². The van der Waals surface area contributed by atoms with E-state index in [0.717, 1.165) is 22.6 Å². The van der Waals surface area contributed by atoms with Gasteiger partial charge in [-0.3, -0.25) is 4.79 Å². The van der Waals surface area contributed by atoms with E-state index >= 15 is 0 Å². The zero-order valence-corrected chi connectivity index (χ0v) is 12.9. The SMILES string of the molecule is CCC(=O)c1ccc(NCc2c(Cl)cccc2OC)cc1. The Morgan fingerprint density at radius 2 is 1.90 bits per heavy atom. The van der Waals surface area contributed by atoms with Crippen LogP contribution < -0.4 is 10.1 Å². The number of halogens is 1. The summed E-state index contributed by atoms with van der Waals surface area (Å²) in [6, 6.07) is 13.0. The summed E-state index contributed by atoms with van der Waals surface area (Å²) in [7, 11) is 1.63. The van der Waals surface area contributed by atoms with Crippen LogP contribution in [0.4, 0.5) is 5.69 Å². The second-order valence-corrected chi connectivity index (χ2v) is 5.04. The summed E-state index contributed by atoms with van der Waals surface area (Å²) in [5, 5.41) is 3.95. The van der Waals surface area contributed by atoms with E-state index in [2.05, 4.69) is 5.32 Å². The van der Waals surface area contributed by atoms with Crippen molar-refractivity contribution in [2.45, 2.75) is 19.9 Å². The van der Waals surface area contributed by atoms with Gasteiger partial charge in [0.15, 0.2) is 5.78 Å². The van der Waals surface area contributed by atoms with Crippen molar-refractivity contribution in [3.63, 3.8) is 0 Å². The van der Waals surface area contributed by atoms with Crippen LogP contribution in [0.1, 0.15) is 29.3 Å².